The molecule has 1 aromatic heterocycles. The van der Waals surface area contributed by atoms with Crippen molar-refractivity contribution in [3.63, 3.8) is 0 Å². The van der Waals surface area contributed by atoms with Gasteiger partial charge in [0.1, 0.15) is 18.1 Å². The lowest BCUT2D eigenvalue weighted by molar-refractivity contribution is 0.306. The monoisotopic (exact) mass is 444 g/mol. The molecule has 32 heavy (non-hydrogen) atoms. The van der Waals surface area contributed by atoms with Gasteiger partial charge in [-0.3, -0.25) is 0 Å². The normalized spacial score (nSPS) is 14.7. The van der Waals surface area contributed by atoms with Crippen LogP contribution in [-0.4, -0.2) is 30.9 Å². The summed E-state index contributed by atoms with van der Waals surface area (Å²) < 4.78 is 11.7. The summed E-state index contributed by atoms with van der Waals surface area (Å²) in [4.78, 5) is 6.20. The third-order valence-corrected chi connectivity index (χ3v) is 7.44. The van der Waals surface area contributed by atoms with Gasteiger partial charge in [0, 0.05) is 21.4 Å². The number of piperidine rings is 1. The first-order valence-electron chi connectivity index (χ1n) is 11.2. The first-order valence-corrected chi connectivity index (χ1v) is 12.2. The Morgan fingerprint density at radius 2 is 1.59 bits per heavy atom. The molecule has 1 aliphatic heterocycles. The molecule has 0 atom stereocenters. The smallest absolute Gasteiger partial charge is 0.120 e. The van der Waals surface area contributed by atoms with E-state index in [-0.39, 0.29) is 0 Å². The molecule has 1 aliphatic rings. The molecule has 0 saturated carbocycles. The van der Waals surface area contributed by atoms with Crippen LogP contribution in [0.5, 0.6) is 11.5 Å². The summed E-state index contributed by atoms with van der Waals surface area (Å²) >= 11 is 1.95. The predicted molar refractivity (Wildman–Crippen MR) is 133 cm³/mol. The van der Waals surface area contributed by atoms with Gasteiger partial charge in [0.05, 0.1) is 18.1 Å². The molecule has 0 radical (unpaired) electrons. The zero-order chi connectivity index (χ0) is 21.8. The number of hydrogen-bond donors (Lipinski definition) is 1. The van der Waals surface area contributed by atoms with E-state index < -0.39 is 0 Å². The SMILES string of the molecule is COc1ccc2nc3ccc(OCc4ccccc4)cc3c(SCC3CCNCC3)c2c1. The molecule has 0 amide bonds. The molecular weight excluding hydrogens is 416 g/mol. The number of aromatic nitrogens is 1. The number of ether oxygens (including phenoxy) is 2. The maximum absolute atomic E-state index is 6.14. The highest BCUT2D eigenvalue weighted by Gasteiger charge is 2.17. The first kappa shape index (κ1) is 21.1. The number of pyridine rings is 1. The summed E-state index contributed by atoms with van der Waals surface area (Å²) in [6, 6.07) is 22.7. The summed E-state index contributed by atoms with van der Waals surface area (Å²) in [5, 5.41) is 5.77. The van der Waals surface area contributed by atoms with E-state index in [2.05, 4.69) is 41.7 Å². The van der Waals surface area contributed by atoms with Gasteiger partial charge in [0.25, 0.3) is 0 Å². The van der Waals surface area contributed by atoms with Gasteiger partial charge < -0.3 is 14.8 Å². The Labute approximate surface area is 193 Å². The Morgan fingerprint density at radius 3 is 2.31 bits per heavy atom. The van der Waals surface area contributed by atoms with E-state index in [1.165, 1.54) is 17.7 Å². The second-order valence-corrected chi connectivity index (χ2v) is 9.31. The third kappa shape index (κ3) is 4.69. The van der Waals surface area contributed by atoms with Crippen LogP contribution in [0.4, 0.5) is 0 Å². The summed E-state index contributed by atoms with van der Waals surface area (Å²) in [7, 11) is 1.72. The molecule has 0 bridgehead atoms. The minimum Gasteiger partial charge on any atom is -0.497 e. The van der Waals surface area contributed by atoms with Crippen LogP contribution in [0.3, 0.4) is 0 Å². The number of nitrogens with zero attached hydrogens (tertiary/aromatic N) is 1. The number of thioether (sulfide) groups is 1. The Balaban J connectivity index is 1.51. The average Bonchev–Trinajstić information content (AvgIpc) is 2.86. The van der Waals surface area contributed by atoms with E-state index in [9.17, 15) is 0 Å². The number of methoxy groups -OCH3 is 1. The minimum absolute atomic E-state index is 0.554. The summed E-state index contributed by atoms with van der Waals surface area (Å²) in [5.41, 5.74) is 3.17. The van der Waals surface area contributed by atoms with Crippen molar-refractivity contribution in [2.24, 2.45) is 5.92 Å². The molecule has 0 unspecified atom stereocenters. The Kier molecular flexibility index (Phi) is 6.46. The van der Waals surface area contributed by atoms with Crippen molar-refractivity contribution in [1.82, 2.24) is 10.3 Å². The molecular formula is C27H28N2O2S. The lowest BCUT2D eigenvalue weighted by Gasteiger charge is -2.22. The third-order valence-electron chi connectivity index (χ3n) is 6.07. The van der Waals surface area contributed by atoms with Crippen molar-refractivity contribution in [3.8, 4) is 11.5 Å². The van der Waals surface area contributed by atoms with E-state index >= 15 is 0 Å². The van der Waals surface area contributed by atoms with Crippen LogP contribution in [-0.2, 0) is 6.61 Å². The molecule has 1 fully saturated rings. The van der Waals surface area contributed by atoms with Crippen molar-refractivity contribution in [3.05, 3.63) is 72.3 Å². The van der Waals surface area contributed by atoms with Gasteiger partial charge in [-0.15, -0.1) is 11.8 Å². The number of benzene rings is 3. The van der Waals surface area contributed by atoms with Gasteiger partial charge >= 0.3 is 0 Å². The molecule has 2 heterocycles. The molecule has 4 aromatic rings. The predicted octanol–water partition coefficient (Wildman–Crippen LogP) is 6.07. The fraction of sp³-hybridized carbons (Fsp3) is 0.296. The summed E-state index contributed by atoms with van der Waals surface area (Å²) in [6.45, 7) is 2.79. The number of fused-ring (bicyclic) bond motifs is 2. The van der Waals surface area contributed by atoms with Crippen LogP contribution in [0, 0.1) is 5.92 Å². The lowest BCUT2D eigenvalue weighted by atomic mass is 10.0. The van der Waals surface area contributed by atoms with Gasteiger partial charge in [0.15, 0.2) is 0 Å². The highest BCUT2D eigenvalue weighted by Crippen LogP contribution is 2.38. The average molecular weight is 445 g/mol. The van der Waals surface area contributed by atoms with E-state index in [0.29, 0.717) is 6.61 Å². The van der Waals surface area contributed by atoms with Crippen molar-refractivity contribution in [1.29, 1.82) is 0 Å². The van der Waals surface area contributed by atoms with Crippen molar-refractivity contribution < 1.29 is 9.47 Å². The molecule has 5 rings (SSSR count). The van der Waals surface area contributed by atoms with E-state index in [4.69, 9.17) is 14.5 Å². The Morgan fingerprint density at radius 1 is 0.906 bits per heavy atom. The minimum atomic E-state index is 0.554. The number of rotatable bonds is 7. The Hall–Kier alpha value is -2.76. The molecule has 0 spiro atoms. The van der Waals surface area contributed by atoms with Crippen molar-refractivity contribution >= 4 is 33.6 Å². The highest BCUT2D eigenvalue weighted by molar-refractivity contribution is 7.99. The molecule has 3 aromatic carbocycles. The lowest BCUT2D eigenvalue weighted by Crippen LogP contribution is -2.28. The Bertz CT molecular complexity index is 1210. The molecule has 5 heteroatoms. The standard InChI is InChI=1S/C27H28N2O2S/c1-30-21-7-9-25-23(15-21)27(32-18-20-11-13-28-14-12-20)24-16-22(8-10-26(24)29-25)31-17-19-5-3-2-4-6-19/h2-10,15-16,20,28H,11-14,17-18H2,1H3. The van der Waals surface area contributed by atoms with Crippen LogP contribution >= 0.6 is 11.8 Å². The largest absolute Gasteiger partial charge is 0.497 e. The van der Waals surface area contributed by atoms with Crippen LogP contribution < -0.4 is 14.8 Å². The van der Waals surface area contributed by atoms with Crippen LogP contribution in [0.15, 0.2) is 71.6 Å². The quantitative estimate of drug-likeness (QED) is 0.277. The van der Waals surface area contributed by atoms with Gasteiger partial charge in [-0.25, -0.2) is 4.98 Å². The molecule has 1 N–H and O–H groups in total. The van der Waals surface area contributed by atoms with Gasteiger partial charge in [-0.1, -0.05) is 30.3 Å². The number of nitrogens with one attached hydrogen (secondary N) is 1. The van der Waals surface area contributed by atoms with Crippen molar-refractivity contribution in [2.45, 2.75) is 24.3 Å². The second kappa shape index (κ2) is 9.80. The molecule has 0 aliphatic carbocycles. The zero-order valence-electron chi connectivity index (χ0n) is 18.3. The first-order chi connectivity index (χ1) is 15.8. The zero-order valence-corrected chi connectivity index (χ0v) is 19.2. The number of hydrogen-bond acceptors (Lipinski definition) is 5. The molecule has 1 saturated heterocycles. The highest BCUT2D eigenvalue weighted by atomic mass is 32.2. The molecule has 164 valence electrons. The van der Waals surface area contributed by atoms with Gasteiger partial charge in [-0.05, 0) is 73.8 Å². The summed E-state index contributed by atoms with van der Waals surface area (Å²) in [6.07, 6.45) is 2.48. The fourth-order valence-electron chi connectivity index (χ4n) is 4.23. The maximum atomic E-state index is 6.14. The van der Waals surface area contributed by atoms with E-state index in [1.807, 2.05) is 42.1 Å². The second-order valence-electron chi connectivity index (χ2n) is 8.28. The molecule has 4 nitrogen and oxygen atoms in total. The topological polar surface area (TPSA) is 43.4 Å². The van der Waals surface area contributed by atoms with Crippen LogP contribution in [0.1, 0.15) is 18.4 Å². The summed E-state index contributed by atoms with van der Waals surface area (Å²) in [5.74, 6) is 3.58. The van der Waals surface area contributed by atoms with E-state index in [1.54, 1.807) is 7.11 Å². The van der Waals surface area contributed by atoms with Gasteiger partial charge in [0.2, 0.25) is 0 Å². The van der Waals surface area contributed by atoms with E-state index in [0.717, 1.165) is 63.6 Å². The van der Waals surface area contributed by atoms with Gasteiger partial charge in [-0.2, -0.15) is 0 Å². The van der Waals surface area contributed by atoms with Crippen LogP contribution in [0.25, 0.3) is 21.8 Å². The van der Waals surface area contributed by atoms with Crippen LogP contribution in [0.2, 0.25) is 0 Å². The fourth-order valence-corrected chi connectivity index (χ4v) is 5.60. The maximum Gasteiger partial charge on any atom is 0.120 e. The van der Waals surface area contributed by atoms with Crippen molar-refractivity contribution in [2.75, 3.05) is 26.0 Å².